The largest absolute Gasteiger partial charge is 0.488 e. The van der Waals surface area contributed by atoms with Crippen LogP contribution in [-0.4, -0.2) is 52.8 Å². The molecule has 4 rings (SSSR count). The number of nitrogens with zero attached hydrogens (tertiary/aromatic N) is 3. The van der Waals surface area contributed by atoms with E-state index < -0.39 is 0 Å². The number of nitrogens with one attached hydrogen (secondary N) is 2. The first-order valence-corrected chi connectivity index (χ1v) is 8.29. The summed E-state index contributed by atoms with van der Waals surface area (Å²) in [6.45, 7) is 5.36. The summed E-state index contributed by atoms with van der Waals surface area (Å²) in [7, 11) is 0. The number of rotatable bonds is 4. The third-order valence-corrected chi connectivity index (χ3v) is 4.12. The fourth-order valence-electron chi connectivity index (χ4n) is 2.93. The van der Waals surface area contributed by atoms with Gasteiger partial charge in [0.25, 0.3) is 0 Å². The molecule has 0 saturated carbocycles. The van der Waals surface area contributed by atoms with Crippen molar-refractivity contribution in [2.24, 2.45) is 0 Å². The molecular formula is C17H19N5O3. The molecule has 0 aliphatic carbocycles. The lowest BCUT2D eigenvalue weighted by molar-refractivity contribution is 0.122. The molecule has 0 bridgehead atoms. The minimum absolute atomic E-state index is 0.228. The summed E-state index contributed by atoms with van der Waals surface area (Å²) in [6.07, 6.45) is 1.71. The minimum atomic E-state index is -0.228. The summed E-state index contributed by atoms with van der Waals surface area (Å²) in [5.74, 6) is 2.04. The van der Waals surface area contributed by atoms with Crippen molar-refractivity contribution in [3.63, 3.8) is 0 Å². The van der Waals surface area contributed by atoms with Gasteiger partial charge in [-0.15, -0.1) is 0 Å². The molecule has 1 aliphatic heterocycles. The lowest BCUT2D eigenvalue weighted by Crippen LogP contribution is -2.37. The fourth-order valence-corrected chi connectivity index (χ4v) is 2.93. The van der Waals surface area contributed by atoms with E-state index in [0.29, 0.717) is 31.4 Å². The first kappa shape index (κ1) is 15.6. The van der Waals surface area contributed by atoms with E-state index in [1.54, 1.807) is 6.20 Å². The molecule has 0 spiro atoms. The topological polar surface area (TPSA) is 96.1 Å². The zero-order valence-corrected chi connectivity index (χ0v) is 13.9. The first-order valence-electron chi connectivity index (χ1n) is 8.29. The molecule has 3 heterocycles. The number of morpholine rings is 1. The Hall–Kier alpha value is -2.87. The van der Waals surface area contributed by atoms with Gasteiger partial charge in [-0.1, -0.05) is 0 Å². The zero-order chi connectivity index (χ0) is 17.2. The van der Waals surface area contributed by atoms with E-state index in [-0.39, 0.29) is 5.69 Å². The van der Waals surface area contributed by atoms with Crippen molar-refractivity contribution in [3.8, 4) is 17.1 Å². The van der Waals surface area contributed by atoms with Crippen LogP contribution in [-0.2, 0) is 4.74 Å². The maximum absolute atomic E-state index is 11.4. The van der Waals surface area contributed by atoms with E-state index in [2.05, 4.69) is 19.9 Å². The fraction of sp³-hybridized carbons (Fsp3) is 0.353. The van der Waals surface area contributed by atoms with Crippen LogP contribution in [0.4, 0.5) is 5.82 Å². The zero-order valence-electron chi connectivity index (χ0n) is 13.9. The highest BCUT2D eigenvalue weighted by atomic mass is 16.5. The molecule has 0 unspecified atom stereocenters. The lowest BCUT2D eigenvalue weighted by atomic mass is 10.2. The monoisotopic (exact) mass is 341 g/mol. The smallest absolute Gasteiger partial charge is 0.323 e. The third-order valence-electron chi connectivity index (χ3n) is 4.12. The van der Waals surface area contributed by atoms with Gasteiger partial charge in [-0.3, -0.25) is 0 Å². The second-order valence-corrected chi connectivity index (χ2v) is 5.75. The van der Waals surface area contributed by atoms with E-state index in [0.717, 1.165) is 35.5 Å². The van der Waals surface area contributed by atoms with E-state index in [1.165, 1.54) is 0 Å². The molecule has 1 saturated heterocycles. The van der Waals surface area contributed by atoms with Crippen molar-refractivity contribution >= 4 is 16.9 Å². The number of H-pyrrole nitrogens is 2. The van der Waals surface area contributed by atoms with E-state index in [1.807, 2.05) is 25.1 Å². The van der Waals surface area contributed by atoms with Gasteiger partial charge in [0, 0.05) is 18.7 Å². The maximum Gasteiger partial charge on any atom is 0.323 e. The van der Waals surface area contributed by atoms with Gasteiger partial charge < -0.3 is 24.3 Å². The molecule has 1 aliphatic rings. The Morgan fingerprint density at radius 2 is 2.04 bits per heavy atom. The average Bonchev–Trinajstić information content (AvgIpc) is 3.02. The standard InChI is InChI=1S/C17H19N5O3/c1-2-25-14-10-18-15(21-16(14)22-5-7-24-8-6-22)11-3-4-12-13(9-11)20-17(23)19-12/h3-4,9-10H,2,5-8H2,1H3,(H2,19,20,23). The lowest BCUT2D eigenvalue weighted by Gasteiger charge is -2.29. The molecule has 8 heteroatoms. The van der Waals surface area contributed by atoms with Crippen molar-refractivity contribution in [2.75, 3.05) is 37.8 Å². The Morgan fingerprint density at radius 1 is 1.24 bits per heavy atom. The van der Waals surface area contributed by atoms with E-state index in [9.17, 15) is 4.79 Å². The molecule has 8 nitrogen and oxygen atoms in total. The molecule has 2 N–H and O–H groups in total. The van der Waals surface area contributed by atoms with Gasteiger partial charge in [0.15, 0.2) is 17.4 Å². The SMILES string of the molecule is CCOc1cnc(-c2ccc3[nH]c(=O)[nH]c3c2)nc1N1CCOCC1. The molecule has 25 heavy (non-hydrogen) atoms. The highest BCUT2D eigenvalue weighted by Crippen LogP contribution is 2.29. The summed E-state index contributed by atoms with van der Waals surface area (Å²) in [5.41, 5.74) is 2.09. The number of imidazole rings is 1. The second kappa shape index (κ2) is 6.56. The van der Waals surface area contributed by atoms with Crippen molar-refractivity contribution in [1.29, 1.82) is 0 Å². The Kier molecular flexibility index (Phi) is 4.10. The summed E-state index contributed by atoms with van der Waals surface area (Å²) in [5, 5.41) is 0. The quantitative estimate of drug-likeness (QED) is 0.747. The minimum Gasteiger partial charge on any atom is -0.488 e. The summed E-state index contributed by atoms with van der Waals surface area (Å²) in [6, 6.07) is 5.60. The van der Waals surface area contributed by atoms with Gasteiger partial charge in [0.2, 0.25) is 0 Å². The molecule has 2 aromatic heterocycles. The Balaban J connectivity index is 1.76. The number of benzene rings is 1. The van der Waals surface area contributed by atoms with Gasteiger partial charge in [-0.2, -0.15) is 0 Å². The van der Waals surface area contributed by atoms with Crippen LogP contribution in [0.3, 0.4) is 0 Å². The van der Waals surface area contributed by atoms with Gasteiger partial charge in [0.05, 0.1) is 37.1 Å². The van der Waals surface area contributed by atoms with E-state index >= 15 is 0 Å². The van der Waals surface area contributed by atoms with Crippen LogP contribution in [0.5, 0.6) is 5.75 Å². The predicted octanol–water partition coefficient (Wildman–Crippen LogP) is 1.55. The van der Waals surface area contributed by atoms with E-state index in [4.69, 9.17) is 14.5 Å². The molecule has 0 atom stereocenters. The highest BCUT2D eigenvalue weighted by Gasteiger charge is 2.19. The van der Waals surface area contributed by atoms with Crippen molar-refractivity contribution in [3.05, 3.63) is 34.9 Å². The third kappa shape index (κ3) is 3.08. The molecular weight excluding hydrogens is 322 g/mol. The van der Waals surface area contributed by atoms with Crippen LogP contribution < -0.4 is 15.3 Å². The van der Waals surface area contributed by atoms with Gasteiger partial charge in [-0.25, -0.2) is 14.8 Å². The second-order valence-electron chi connectivity index (χ2n) is 5.75. The molecule has 0 radical (unpaired) electrons. The van der Waals surface area contributed by atoms with Crippen LogP contribution in [0.2, 0.25) is 0 Å². The Morgan fingerprint density at radius 3 is 2.84 bits per heavy atom. The van der Waals surface area contributed by atoms with Crippen LogP contribution in [0.15, 0.2) is 29.2 Å². The predicted molar refractivity (Wildman–Crippen MR) is 94.1 cm³/mol. The van der Waals surface area contributed by atoms with Crippen LogP contribution in [0, 0.1) is 0 Å². The Labute approximate surface area is 143 Å². The molecule has 1 fully saturated rings. The summed E-state index contributed by atoms with van der Waals surface area (Å²) < 4.78 is 11.1. The highest BCUT2D eigenvalue weighted by molar-refractivity contribution is 5.80. The number of aromatic amines is 2. The molecule has 130 valence electrons. The van der Waals surface area contributed by atoms with Crippen LogP contribution in [0.25, 0.3) is 22.4 Å². The molecule has 1 aromatic carbocycles. The van der Waals surface area contributed by atoms with Gasteiger partial charge >= 0.3 is 5.69 Å². The number of hydrogen-bond donors (Lipinski definition) is 2. The van der Waals surface area contributed by atoms with Crippen molar-refractivity contribution in [2.45, 2.75) is 6.92 Å². The summed E-state index contributed by atoms with van der Waals surface area (Å²) in [4.78, 5) is 28.2. The van der Waals surface area contributed by atoms with Gasteiger partial charge in [-0.05, 0) is 25.1 Å². The number of fused-ring (bicyclic) bond motifs is 1. The average molecular weight is 341 g/mol. The van der Waals surface area contributed by atoms with Crippen molar-refractivity contribution in [1.82, 2.24) is 19.9 Å². The van der Waals surface area contributed by atoms with Gasteiger partial charge in [0.1, 0.15) is 0 Å². The molecule has 0 amide bonds. The normalized spacial score (nSPS) is 14.8. The molecule has 3 aromatic rings. The van der Waals surface area contributed by atoms with Crippen LogP contribution >= 0.6 is 0 Å². The Bertz CT molecular complexity index is 943. The number of ether oxygens (including phenoxy) is 2. The number of hydrogen-bond acceptors (Lipinski definition) is 6. The maximum atomic E-state index is 11.4. The van der Waals surface area contributed by atoms with Crippen molar-refractivity contribution < 1.29 is 9.47 Å². The number of anilines is 1. The first-order chi connectivity index (χ1) is 12.2. The summed E-state index contributed by atoms with van der Waals surface area (Å²) >= 11 is 0. The van der Waals surface area contributed by atoms with Crippen LogP contribution in [0.1, 0.15) is 6.92 Å². The number of aromatic nitrogens is 4.